The molecule has 4 aromatic heterocycles. The summed E-state index contributed by atoms with van der Waals surface area (Å²) in [6.07, 6.45) is 6.92. The van der Waals surface area contributed by atoms with Gasteiger partial charge >= 0.3 is 0 Å². The number of nitrogens with one attached hydrogen (secondary N) is 2. The first-order valence-electron chi connectivity index (χ1n) is 9.27. The quantitative estimate of drug-likeness (QED) is 0.544. The minimum atomic E-state index is -0.345. The van der Waals surface area contributed by atoms with Crippen LogP contribution in [0.25, 0.3) is 22.7 Å². The average Bonchev–Trinajstić information content (AvgIpc) is 3.45. The maximum Gasteiger partial charge on any atom is 0.291 e. The Morgan fingerprint density at radius 1 is 1.28 bits per heavy atom. The number of likely N-dealkylation sites (N-methyl/N-ethyl adjacent to an activating group) is 1. The first-order chi connectivity index (χ1) is 14.2. The third-order valence-electron chi connectivity index (χ3n) is 4.92. The summed E-state index contributed by atoms with van der Waals surface area (Å²) in [6.45, 7) is 1.84. The van der Waals surface area contributed by atoms with Crippen molar-refractivity contribution in [1.82, 2.24) is 29.9 Å². The van der Waals surface area contributed by atoms with E-state index in [1.807, 2.05) is 29.1 Å². The van der Waals surface area contributed by atoms with Crippen LogP contribution in [0.4, 0.5) is 5.69 Å². The zero-order valence-electron chi connectivity index (χ0n) is 15.7. The predicted octanol–water partition coefficient (Wildman–Crippen LogP) is 2.67. The van der Waals surface area contributed by atoms with E-state index in [0.29, 0.717) is 22.8 Å². The number of furan rings is 1. The SMILES string of the molecule is CN1CC(n2cc(NC(=O)c3ccc(-c4cn[nH]c4)o3)c(-c3ccccn3)n2)C1. The first-order valence-corrected chi connectivity index (χ1v) is 9.27. The Hall–Kier alpha value is -3.72. The molecule has 4 aromatic rings. The Morgan fingerprint density at radius 2 is 2.17 bits per heavy atom. The lowest BCUT2D eigenvalue weighted by molar-refractivity contribution is 0.0997. The van der Waals surface area contributed by atoms with E-state index >= 15 is 0 Å². The number of rotatable bonds is 5. The van der Waals surface area contributed by atoms with E-state index in [4.69, 9.17) is 9.52 Å². The van der Waals surface area contributed by atoms with Crippen molar-refractivity contribution in [2.45, 2.75) is 6.04 Å². The monoisotopic (exact) mass is 389 g/mol. The van der Waals surface area contributed by atoms with Crippen LogP contribution in [0.2, 0.25) is 0 Å². The molecule has 9 nitrogen and oxygen atoms in total. The summed E-state index contributed by atoms with van der Waals surface area (Å²) < 4.78 is 7.59. The molecule has 1 fully saturated rings. The van der Waals surface area contributed by atoms with Crippen molar-refractivity contribution in [3.8, 4) is 22.7 Å². The van der Waals surface area contributed by atoms with Crippen LogP contribution >= 0.6 is 0 Å². The second-order valence-corrected chi connectivity index (χ2v) is 7.07. The van der Waals surface area contributed by atoms with Gasteiger partial charge in [0.1, 0.15) is 11.5 Å². The highest BCUT2D eigenvalue weighted by Gasteiger charge is 2.28. The van der Waals surface area contributed by atoms with Crippen molar-refractivity contribution in [1.29, 1.82) is 0 Å². The third kappa shape index (κ3) is 3.32. The molecule has 5 heterocycles. The lowest BCUT2D eigenvalue weighted by Crippen LogP contribution is -2.45. The van der Waals surface area contributed by atoms with Gasteiger partial charge in [-0.2, -0.15) is 10.2 Å². The Bertz CT molecular complexity index is 1130. The van der Waals surface area contributed by atoms with Gasteiger partial charge in [-0.05, 0) is 31.3 Å². The van der Waals surface area contributed by atoms with E-state index < -0.39 is 0 Å². The summed E-state index contributed by atoms with van der Waals surface area (Å²) in [5.41, 5.74) is 2.72. The van der Waals surface area contributed by atoms with Gasteiger partial charge < -0.3 is 14.6 Å². The highest BCUT2D eigenvalue weighted by atomic mass is 16.3. The summed E-state index contributed by atoms with van der Waals surface area (Å²) in [7, 11) is 2.07. The van der Waals surface area contributed by atoms with Crippen LogP contribution in [0.1, 0.15) is 16.6 Å². The number of likely N-dealkylation sites (tertiary alicyclic amines) is 1. The zero-order valence-corrected chi connectivity index (χ0v) is 15.7. The molecule has 0 saturated carbocycles. The van der Waals surface area contributed by atoms with Crippen molar-refractivity contribution in [2.75, 3.05) is 25.5 Å². The lowest BCUT2D eigenvalue weighted by Gasteiger charge is -2.36. The second kappa shape index (κ2) is 7.02. The molecule has 29 heavy (non-hydrogen) atoms. The largest absolute Gasteiger partial charge is 0.451 e. The fourth-order valence-electron chi connectivity index (χ4n) is 3.38. The Kier molecular flexibility index (Phi) is 4.21. The van der Waals surface area contributed by atoms with E-state index in [1.165, 1.54) is 0 Å². The fourth-order valence-corrected chi connectivity index (χ4v) is 3.38. The van der Waals surface area contributed by atoms with Crippen LogP contribution in [0.15, 0.2) is 59.5 Å². The molecule has 1 aliphatic rings. The van der Waals surface area contributed by atoms with Crippen LogP contribution in [0.3, 0.4) is 0 Å². The minimum Gasteiger partial charge on any atom is -0.451 e. The molecule has 0 unspecified atom stereocenters. The number of nitrogens with zero attached hydrogens (tertiary/aromatic N) is 5. The van der Waals surface area contributed by atoms with Crippen LogP contribution in [0.5, 0.6) is 0 Å². The number of hydrogen-bond acceptors (Lipinski definition) is 6. The number of aromatic amines is 1. The smallest absolute Gasteiger partial charge is 0.291 e. The Balaban J connectivity index is 1.43. The summed E-state index contributed by atoms with van der Waals surface area (Å²) >= 11 is 0. The number of carbonyl (C=O) groups excluding carboxylic acids is 1. The number of anilines is 1. The summed E-state index contributed by atoms with van der Waals surface area (Å²) in [6, 6.07) is 9.29. The van der Waals surface area contributed by atoms with Crippen LogP contribution in [-0.2, 0) is 0 Å². The summed E-state index contributed by atoms with van der Waals surface area (Å²) in [4.78, 5) is 19.4. The highest BCUT2D eigenvalue weighted by molar-refractivity contribution is 6.04. The number of hydrogen-bond donors (Lipinski definition) is 2. The van der Waals surface area contributed by atoms with Gasteiger partial charge in [-0.1, -0.05) is 6.07 Å². The minimum absolute atomic E-state index is 0.212. The molecule has 2 N–H and O–H groups in total. The standard InChI is InChI=1S/C20H19N7O2/c1-26-10-14(11-26)27-12-16(19(25-27)15-4-2-3-7-21-15)24-20(28)18-6-5-17(29-18)13-8-22-23-9-13/h2-9,12,14H,10-11H2,1H3,(H,22,23)(H,24,28). The maximum atomic E-state index is 12.8. The molecule has 5 rings (SSSR count). The number of amides is 1. The average molecular weight is 389 g/mol. The lowest BCUT2D eigenvalue weighted by atomic mass is 10.1. The molecule has 0 spiro atoms. The van der Waals surface area contributed by atoms with Crippen molar-refractivity contribution >= 4 is 11.6 Å². The molecule has 1 saturated heterocycles. The highest BCUT2D eigenvalue weighted by Crippen LogP contribution is 2.29. The summed E-state index contributed by atoms with van der Waals surface area (Å²) in [5.74, 6) is 0.438. The molecule has 0 aliphatic carbocycles. The normalized spacial score (nSPS) is 14.7. The molecule has 9 heteroatoms. The predicted molar refractivity (Wildman–Crippen MR) is 106 cm³/mol. The van der Waals surface area contributed by atoms with E-state index in [9.17, 15) is 4.79 Å². The van der Waals surface area contributed by atoms with Gasteiger partial charge in [0.15, 0.2) is 5.76 Å². The number of carbonyl (C=O) groups is 1. The Morgan fingerprint density at radius 3 is 2.90 bits per heavy atom. The van der Waals surface area contributed by atoms with Crippen molar-refractivity contribution in [3.63, 3.8) is 0 Å². The number of H-pyrrole nitrogens is 1. The van der Waals surface area contributed by atoms with Gasteiger partial charge in [0.25, 0.3) is 5.91 Å². The molecule has 146 valence electrons. The van der Waals surface area contributed by atoms with Gasteiger partial charge in [-0.25, -0.2) is 0 Å². The molecule has 0 aromatic carbocycles. The topological polar surface area (TPSA) is 105 Å². The molecule has 1 amide bonds. The van der Waals surface area contributed by atoms with Gasteiger partial charge in [-0.15, -0.1) is 0 Å². The molecule has 1 aliphatic heterocycles. The Labute approximate surface area is 166 Å². The van der Waals surface area contributed by atoms with Crippen LogP contribution in [0, 0.1) is 0 Å². The molecular weight excluding hydrogens is 370 g/mol. The molecule has 0 bridgehead atoms. The fraction of sp³-hybridized carbons (Fsp3) is 0.200. The van der Waals surface area contributed by atoms with E-state index in [2.05, 4.69) is 32.4 Å². The van der Waals surface area contributed by atoms with Gasteiger partial charge in [0, 0.05) is 31.7 Å². The van der Waals surface area contributed by atoms with E-state index in [-0.39, 0.29) is 17.7 Å². The molecule has 0 atom stereocenters. The van der Waals surface area contributed by atoms with Crippen molar-refractivity contribution < 1.29 is 9.21 Å². The molecule has 0 radical (unpaired) electrons. The van der Waals surface area contributed by atoms with Crippen LogP contribution in [-0.4, -0.2) is 55.9 Å². The maximum absolute atomic E-state index is 12.8. The summed E-state index contributed by atoms with van der Waals surface area (Å²) in [5, 5.41) is 14.2. The van der Waals surface area contributed by atoms with Gasteiger partial charge in [0.2, 0.25) is 0 Å². The van der Waals surface area contributed by atoms with Crippen molar-refractivity contribution in [2.24, 2.45) is 0 Å². The van der Waals surface area contributed by atoms with E-state index in [1.54, 1.807) is 30.7 Å². The van der Waals surface area contributed by atoms with Gasteiger partial charge in [0.05, 0.1) is 29.2 Å². The van der Waals surface area contributed by atoms with Crippen LogP contribution < -0.4 is 5.32 Å². The first kappa shape index (κ1) is 17.4. The molecular formula is C20H19N7O2. The zero-order chi connectivity index (χ0) is 19.8. The number of aromatic nitrogens is 5. The van der Waals surface area contributed by atoms with Crippen molar-refractivity contribution in [3.05, 3.63) is 60.9 Å². The second-order valence-electron chi connectivity index (χ2n) is 7.07. The third-order valence-corrected chi connectivity index (χ3v) is 4.92. The number of pyridine rings is 1. The van der Waals surface area contributed by atoms with Gasteiger partial charge in [-0.3, -0.25) is 19.6 Å². The van der Waals surface area contributed by atoms with E-state index in [0.717, 1.165) is 18.7 Å².